The van der Waals surface area contributed by atoms with E-state index in [2.05, 4.69) is 9.64 Å². The van der Waals surface area contributed by atoms with Crippen molar-refractivity contribution >= 4 is 11.9 Å². The molecule has 0 aromatic carbocycles. The largest absolute Gasteiger partial charge is 0.469 e. The molecule has 20 heavy (non-hydrogen) atoms. The lowest BCUT2D eigenvalue weighted by Crippen LogP contribution is -2.50. The normalized spacial score (nSPS) is 32.9. The Balaban J connectivity index is 1.39. The lowest BCUT2D eigenvalue weighted by atomic mass is 10.0. The highest BCUT2D eigenvalue weighted by molar-refractivity contribution is 5.79. The highest BCUT2D eigenvalue weighted by atomic mass is 16.5. The highest BCUT2D eigenvalue weighted by Crippen LogP contribution is 2.54. The first-order valence-corrected chi connectivity index (χ1v) is 7.75. The number of fused-ring (bicyclic) bond motifs is 1. The average molecular weight is 280 g/mol. The Bertz CT molecular complexity index is 381. The molecule has 1 saturated heterocycles. The molecule has 112 valence electrons. The predicted molar refractivity (Wildman–Crippen MR) is 74.0 cm³/mol. The summed E-state index contributed by atoms with van der Waals surface area (Å²) >= 11 is 0. The fraction of sp³-hybridized carbons (Fsp3) is 0.867. The summed E-state index contributed by atoms with van der Waals surface area (Å²) in [4.78, 5) is 27.8. The monoisotopic (exact) mass is 280 g/mol. The van der Waals surface area contributed by atoms with Gasteiger partial charge in [-0.3, -0.25) is 14.5 Å². The van der Waals surface area contributed by atoms with E-state index in [1.807, 2.05) is 4.90 Å². The third kappa shape index (κ3) is 2.97. The molecule has 2 saturated carbocycles. The van der Waals surface area contributed by atoms with Crippen molar-refractivity contribution in [3.8, 4) is 0 Å². The molecule has 2 atom stereocenters. The van der Waals surface area contributed by atoms with Crippen LogP contribution in [0.5, 0.6) is 0 Å². The Labute approximate surface area is 120 Å². The van der Waals surface area contributed by atoms with Crippen molar-refractivity contribution in [1.29, 1.82) is 0 Å². The summed E-state index contributed by atoms with van der Waals surface area (Å²) in [5.41, 5.74) is 0. The van der Waals surface area contributed by atoms with Gasteiger partial charge < -0.3 is 9.64 Å². The Morgan fingerprint density at radius 2 is 1.70 bits per heavy atom. The third-order valence-corrected chi connectivity index (χ3v) is 5.14. The fourth-order valence-electron chi connectivity index (χ4n) is 3.72. The molecule has 2 aliphatic carbocycles. The molecule has 3 fully saturated rings. The van der Waals surface area contributed by atoms with Gasteiger partial charge in [-0.1, -0.05) is 0 Å². The van der Waals surface area contributed by atoms with Gasteiger partial charge in [0.1, 0.15) is 0 Å². The van der Waals surface area contributed by atoms with Crippen LogP contribution in [0.3, 0.4) is 0 Å². The lowest BCUT2D eigenvalue weighted by molar-refractivity contribution is -0.142. The molecule has 5 nitrogen and oxygen atoms in total. The molecule has 5 heteroatoms. The number of piperazine rings is 1. The fourth-order valence-corrected chi connectivity index (χ4v) is 3.72. The summed E-state index contributed by atoms with van der Waals surface area (Å²) in [6, 6.07) is 0. The van der Waals surface area contributed by atoms with E-state index in [0.29, 0.717) is 18.2 Å². The first kappa shape index (κ1) is 13.9. The number of methoxy groups -OCH3 is 1. The first-order valence-electron chi connectivity index (χ1n) is 7.75. The molecule has 3 aliphatic rings. The van der Waals surface area contributed by atoms with Gasteiger partial charge in [-0.2, -0.15) is 0 Å². The van der Waals surface area contributed by atoms with E-state index in [9.17, 15) is 9.59 Å². The van der Waals surface area contributed by atoms with Crippen LogP contribution >= 0.6 is 0 Å². The van der Waals surface area contributed by atoms with Crippen LogP contribution in [0.15, 0.2) is 0 Å². The van der Waals surface area contributed by atoms with Crippen LogP contribution in [0, 0.1) is 17.8 Å². The molecule has 3 rings (SSSR count). The van der Waals surface area contributed by atoms with Gasteiger partial charge in [0.05, 0.1) is 13.5 Å². The topological polar surface area (TPSA) is 49.9 Å². The van der Waals surface area contributed by atoms with Crippen molar-refractivity contribution in [3.63, 3.8) is 0 Å². The number of rotatable bonds is 4. The quantitative estimate of drug-likeness (QED) is 0.713. The molecule has 0 bridgehead atoms. The van der Waals surface area contributed by atoms with Crippen molar-refractivity contribution in [3.05, 3.63) is 0 Å². The summed E-state index contributed by atoms with van der Waals surface area (Å²) < 4.78 is 4.65. The Hall–Kier alpha value is -1.10. The summed E-state index contributed by atoms with van der Waals surface area (Å²) in [6.07, 6.45) is 4.07. The van der Waals surface area contributed by atoms with Gasteiger partial charge >= 0.3 is 5.97 Å². The van der Waals surface area contributed by atoms with E-state index in [-0.39, 0.29) is 5.97 Å². The van der Waals surface area contributed by atoms with E-state index >= 15 is 0 Å². The minimum atomic E-state index is -0.159. The summed E-state index contributed by atoms with van der Waals surface area (Å²) in [7, 11) is 1.42. The molecular weight excluding hydrogens is 256 g/mol. The Kier molecular flexibility index (Phi) is 3.96. The molecule has 0 spiro atoms. The maximum atomic E-state index is 12.4. The average Bonchev–Trinajstić information content (AvgIpc) is 3.10. The van der Waals surface area contributed by atoms with Crippen LogP contribution in [0.2, 0.25) is 0 Å². The number of carbonyl (C=O) groups is 2. The van der Waals surface area contributed by atoms with Crippen LogP contribution < -0.4 is 0 Å². The smallest absolute Gasteiger partial charge is 0.306 e. The molecule has 0 N–H and O–H groups in total. The standard InChI is InChI=1S/C15H24N2O3/c1-20-14(18)2-3-16-4-6-17(7-5-16)15(19)13-9-11-8-12(11)10-13/h11-13H,2-10H2,1H3. The third-order valence-electron chi connectivity index (χ3n) is 5.14. The number of carbonyl (C=O) groups excluding carboxylic acids is 2. The molecule has 1 amide bonds. The van der Waals surface area contributed by atoms with Crippen molar-refractivity contribution in [2.75, 3.05) is 39.8 Å². The highest BCUT2D eigenvalue weighted by Gasteiger charge is 2.48. The number of ether oxygens (including phenoxy) is 1. The molecule has 1 aliphatic heterocycles. The zero-order valence-corrected chi connectivity index (χ0v) is 12.2. The predicted octanol–water partition coefficient (Wildman–Crippen LogP) is 0.740. The van der Waals surface area contributed by atoms with Gasteiger partial charge in [0, 0.05) is 38.6 Å². The van der Waals surface area contributed by atoms with Crippen LogP contribution in [0.4, 0.5) is 0 Å². The lowest BCUT2D eigenvalue weighted by Gasteiger charge is -2.36. The van der Waals surface area contributed by atoms with Gasteiger partial charge in [0.15, 0.2) is 0 Å². The minimum absolute atomic E-state index is 0.159. The van der Waals surface area contributed by atoms with E-state index in [1.165, 1.54) is 13.5 Å². The number of nitrogens with zero attached hydrogens (tertiary/aromatic N) is 2. The molecule has 0 aromatic heterocycles. The Morgan fingerprint density at radius 3 is 2.30 bits per heavy atom. The maximum absolute atomic E-state index is 12.4. The van der Waals surface area contributed by atoms with Gasteiger partial charge in [-0.05, 0) is 31.1 Å². The van der Waals surface area contributed by atoms with Crippen molar-refractivity contribution in [1.82, 2.24) is 9.80 Å². The zero-order valence-electron chi connectivity index (χ0n) is 12.2. The zero-order chi connectivity index (χ0) is 14.1. The van der Waals surface area contributed by atoms with E-state index < -0.39 is 0 Å². The van der Waals surface area contributed by atoms with E-state index in [1.54, 1.807) is 0 Å². The molecule has 2 unspecified atom stereocenters. The van der Waals surface area contributed by atoms with Gasteiger partial charge in [-0.15, -0.1) is 0 Å². The van der Waals surface area contributed by atoms with Crippen LogP contribution in [0.25, 0.3) is 0 Å². The molecular formula is C15H24N2O3. The summed E-state index contributed by atoms with van der Waals surface area (Å²) in [5.74, 6) is 2.26. The van der Waals surface area contributed by atoms with Gasteiger partial charge in [0.25, 0.3) is 0 Å². The van der Waals surface area contributed by atoms with Gasteiger partial charge in [-0.25, -0.2) is 0 Å². The van der Waals surface area contributed by atoms with Crippen LogP contribution in [0.1, 0.15) is 25.7 Å². The second kappa shape index (κ2) is 5.72. The SMILES string of the molecule is COC(=O)CCN1CCN(C(=O)C2CC3CC3C2)CC1. The van der Waals surface area contributed by atoms with Crippen LogP contribution in [-0.4, -0.2) is 61.5 Å². The van der Waals surface area contributed by atoms with Crippen molar-refractivity contribution < 1.29 is 14.3 Å². The van der Waals surface area contributed by atoms with Crippen molar-refractivity contribution in [2.24, 2.45) is 17.8 Å². The van der Waals surface area contributed by atoms with E-state index in [4.69, 9.17) is 0 Å². The number of esters is 1. The maximum Gasteiger partial charge on any atom is 0.306 e. The summed E-state index contributed by atoms with van der Waals surface area (Å²) in [5, 5.41) is 0. The second-order valence-electron chi connectivity index (χ2n) is 6.42. The van der Waals surface area contributed by atoms with E-state index in [0.717, 1.165) is 57.4 Å². The second-order valence-corrected chi connectivity index (χ2v) is 6.42. The van der Waals surface area contributed by atoms with Gasteiger partial charge in [0.2, 0.25) is 5.91 Å². The number of amides is 1. The number of hydrogen-bond acceptors (Lipinski definition) is 4. The minimum Gasteiger partial charge on any atom is -0.469 e. The summed E-state index contributed by atoms with van der Waals surface area (Å²) in [6.45, 7) is 4.12. The van der Waals surface area contributed by atoms with Crippen molar-refractivity contribution in [2.45, 2.75) is 25.7 Å². The first-order chi connectivity index (χ1) is 9.67. The van der Waals surface area contributed by atoms with Crippen LogP contribution in [-0.2, 0) is 14.3 Å². The molecule has 0 radical (unpaired) electrons. The Morgan fingerprint density at radius 1 is 1.05 bits per heavy atom. The molecule has 1 heterocycles. The number of hydrogen-bond donors (Lipinski definition) is 0. The molecule has 0 aromatic rings.